The Labute approximate surface area is 156 Å². The molecule has 1 amide bonds. The van der Waals surface area contributed by atoms with Crippen LogP contribution in [-0.4, -0.2) is 34.2 Å². The number of hydrogen-bond donors (Lipinski definition) is 1. The fraction of sp³-hybridized carbons (Fsp3) is 0.278. The van der Waals surface area contributed by atoms with Gasteiger partial charge in [-0.2, -0.15) is 0 Å². The van der Waals surface area contributed by atoms with Crippen LogP contribution in [0.1, 0.15) is 12.5 Å². The number of rotatable bonds is 6. The van der Waals surface area contributed by atoms with Crippen LogP contribution < -0.4 is 19.1 Å². The lowest BCUT2D eigenvalue weighted by atomic mass is 10.2. The van der Waals surface area contributed by atoms with Gasteiger partial charge in [0.25, 0.3) is 0 Å². The summed E-state index contributed by atoms with van der Waals surface area (Å²) >= 11 is 0. The summed E-state index contributed by atoms with van der Waals surface area (Å²) in [5.41, 5.74) is 0.880. The van der Waals surface area contributed by atoms with E-state index in [4.69, 9.17) is 9.47 Å². The van der Waals surface area contributed by atoms with Crippen LogP contribution in [0.3, 0.4) is 0 Å². The zero-order chi connectivity index (χ0) is 19.6. The maximum atomic E-state index is 13.2. The van der Waals surface area contributed by atoms with E-state index in [0.717, 1.165) is 12.1 Å². The number of sulfonamides is 1. The molecule has 0 saturated carbocycles. The molecule has 0 spiro atoms. The second-order valence-corrected chi connectivity index (χ2v) is 7.75. The number of carbonyl (C=O) groups is 1. The minimum Gasteiger partial charge on any atom is -0.454 e. The van der Waals surface area contributed by atoms with Gasteiger partial charge < -0.3 is 14.4 Å². The number of nitrogens with zero attached hydrogens (tertiary/aromatic N) is 1. The second kappa shape index (κ2) is 7.53. The van der Waals surface area contributed by atoms with E-state index in [9.17, 15) is 17.6 Å². The first-order valence-electron chi connectivity index (χ1n) is 8.21. The highest BCUT2D eigenvalue weighted by molar-refractivity contribution is 7.89. The van der Waals surface area contributed by atoms with E-state index >= 15 is 0 Å². The largest absolute Gasteiger partial charge is 0.454 e. The predicted octanol–water partition coefficient (Wildman–Crippen LogP) is 2.19. The molecular formula is C18H19FN2O5S. The quantitative estimate of drug-likeness (QED) is 0.812. The highest BCUT2D eigenvalue weighted by Gasteiger charge is 2.20. The first-order valence-corrected chi connectivity index (χ1v) is 9.70. The smallest absolute Gasteiger partial charge is 0.240 e. The van der Waals surface area contributed by atoms with E-state index < -0.39 is 15.8 Å². The highest BCUT2D eigenvalue weighted by atomic mass is 32.2. The lowest BCUT2D eigenvalue weighted by Crippen LogP contribution is -2.37. The van der Waals surface area contributed by atoms with Gasteiger partial charge in [0.05, 0.1) is 4.90 Å². The van der Waals surface area contributed by atoms with Crippen molar-refractivity contribution in [1.29, 1.82) is 0 Å². The number of aryl methyl sites for hydroxylation is 1. The maximum Gasteiger partial charge on any atom is 0.240 e. The van der Waals surface area contributed by atoms with Gasteiger partial charge in [0.2, 0.25) is 22.7 Å². The predicted molar refractivity (Wildman–Crippen MR) is 96.9 cm³/mol. The topological polar surface area (TPSA) is 84.9 Å². The van der Waals surface area contributed by atoms with Gasteiger partial charge in [-0.1, -0.05) is 0 Å². The molecule has 1 heterocycles. The summed E-state index contributed by atoms with van der Waals surface area (Å²) in [7, 11) is -3.82. The number of hydrogen-bond acceptors (Lipinski definition) is 5. The zero-order valence-corrected chi connectivity index (χ0v) is 15.7. The van der Waals surface area contributed by atoms with Crippen LogP contribution in [0.15, 0.2) is 41.3 Å². The molecule has 0 aliphatic carbocycles. The number of halogens is 1. The summed E-state index contributed by atoms with van der Waals surface area (Å²) in [5.74, 6) is 0.374. The van der Waals surface area contributed by atoms with Crippen molar-refractivity contribution < 1.29 is 27.1 Å². The van der Waals surface area contributed by atoms with Crippen LogP contribution in [0.2, 0.25) is 0 Å². The Kier molecular flexibility index (Phi) is 5.33. The van der Waals surface area contributed by atoms with Gasteiger partial charge in [-0.3, -0.25) is 4.79 Å². The Morgan fingerprint density at radius 3 is 2.63 bits per heavy atom. The zero-order valence-electron chi connectivity index (χ0n) is 14.9. The Morgan fingerprint density at radius 2 is 1.93 bits per heavy atom. The van der Waals surface area contributed by atoms with Crippen LogP contribution in [0.25, 0.3) is 0 Å². The number of benzene rings is 2. The fourth-order valence-corrected chi connectivity index (χ4v) is 4.05. The van der Waals surface area contributed by atoms with Gasteiger partial charge in [-0.25, -0.2) is 17.5 Å². The minimum atomic E-state index is -3.82. The van der Waals surface area contributed by atoms with Gasteiger partial charge in [0.1, 0.15) is 5.82 Å². The van der Waals surface area contributed by atoms with Gasteiger partial charge in [0, 0.05) is 31.8 Å². The Morgan fingerprint density at radius 1 is 1.19 bits per heavy atom. The Balaban J connectivity index is 1.70. The molecule has 27 heavy (non-hydrogen) atoms. The molecule has 1 N–H and O–H groups in total. The van der Waals surface area contributed by atoms with Gasteiger partial charge in [-0.05, 0) is 42.8 Å². The SMILES string of the molecule is CC(=O)N(CCNS(=O)(=O)c1ccc(F)cc1C)c1ccc2c(c1)OCO2. The van der Waals surface area contributed by atoms with Crippen molar-refractivity contribution in [2.75, 3.05) is 24.8 Å². The van der Waals surface area contributed by atoms with Crippen LogP contribution in [0.4, 0.5) is 10.1 Å². The van der Waals surface area contributed by atoms with E-state index in [-0.39, 0.29) is 30.7 Å². The molecule has 7 nitrogen and oxygen atoms in total. The van der Waals surface area contributed by atoms with Crippen molar-refractivity contribution in [3.8, 4) is 11.5 Å². The number of fused-ring (bicyclic) bond motifs is 1. The van der Waals surface area contributed by atoms with Crippen molar-refractivity contribution in [1.82, 2.24) is 4.72 Å². The summed E-state index contributed by atoms with van der Waals surface area (Å²) in [6.45, 7) is 3.15. The molecule has 0 aromatic heterocycles. The van der Waals surface area contributed by atoms with Gasteiger partial charge in [0.15, 0.2) is 11.5 Å². The second-order valence-electron chi connectivity index (χ2n) is 6.02. The fourth-order valence-electron chi connectivity index (χ4n) is 2.81. The van der Waals surface area contributed by atoms with Crippen molar-refractivity contribution in [3.63, 3.8) is 0 Å². The summed E-state index contributed by atoms with van der Waals surface area (Å²) in [6, 6.07) is 8.53. The monoisotopic (exact) mass is 394 g/mol. The molecular weight excluding hydrogens is 375 g/mol. The van der Waals surface area contributed by atoms with Crippen LogP contribution in [-0.2, 0) is 14.8 Å². The van der Waals surface area contributed by atoms with Crippen LogP contribution >= 0.6 is 0 Å². The molecule has 0 unspecified atom stereocenters. The van der Waals surface area contributed by atoms with E-state index in [1.165, 1.54) is 24.8 Å². The van der Waals surface area contributed by atoms with Gasteiger partial charge >= 0.3 is 0 Å². The minimum absolute atomic E-state index is 0.00125. The van der Waals surface area contributed by atoms with Crippen molar-refractivity contribution >= 4 is 21.6 Å². The van der Waals surface area contributed by atoms with Crippen LogP contribution in [0.5, 0.6) is 11.5 Å². The number of carbonyl (C=O) groups excluding carboxylic acids is 1. The van der Waals surface area contributed by atoms with Crippen molar-refractivity contribution in [3.05, 3.63) is 47.8 Å². The molecule has 1 aliphatic rings. The Hall–Kier alpha value is -2.65. The molecule has 1 aliphatic heterocycles. The van der Waals surface area contributed by atoms with E-state index in [1.54, 1.807) is 18.2 Å². The molecule has 0 fully saturated rings. The third kappa shape index (κ3) is 4.20. The third-order valence-corrected chi connectivity index (χ3v) is 5.72. The molecule has 0 atom stereocenters. The molecule has 0 bridgehead atoms. The summed E-state index contributed by atoms with van der Waals surface area (Å²) in [6.07, 6.45) is 0. The summed E-state index contributed by atoms with van der Waals surface area (Å²) in [5, 5.41) is 0. The van der Waals surface area contributed by atoms with E-state index in [2.05, 4.69) is 4.72 Å². The first-order chi connectivity index (χ1) is 12.8. The summed E-state index contributed by atoms with van der Waals surface area (Å²) < 4.78 is 51.0. The number of ether oxygens (including phenoxy) is 2. The number of anilines is 1. The number of amides is 1. The molecule has 2 aromatic rings. The van der Waals surface area contributed by atoms with Crippen LogP contribution in [0, 0.1) is 12.7 Å². The van der Waals surface area contributed by atoms with Crippen molar-refractivity contribution in [2.45, 2.75) is 18.7 Å². The third-order valence-electron chi connectivity index (χ3n) is 4.10. The van der Waals surface area contributed by atoms with Crippen molar-refractivity contribution in [2.24, 2.45) is 0 Å². The molecule has 144 valence electrons. The standard InChI is InChI=1S/C18H19FN2O5S/c1-12-9-14(19)3-6-18(12)27(23,24)20-7-8-21(13(2)22)15-4-5-16-17(10-15)26-11-25-16/h3-6,9-10,20H,7-8,11H2,1-2H3. The summed E-state index contributed by atoms with van der Waals surface area (Å²) in [4.78, 5) is 13.4. The van der Waals surface area contributed by atoms with Gasteiger partial charge in [-0.15, -0.1) is 0 Å². The molecule has 0 radical (unpaired) electrons. The highest BCUT2D eigenvalue weighted by Crippen LogP contribution is 2.35. The average molecular weight is 394 g/mol. The number of nitrogens with one attached hydrogen (secondary N) is 1. The normalized spacial score (nSPS) is 12.9. The maximum absolute atomic E-state index is 13.2. The molecule has 2 aromatic carbocycles. The van der Waals surface area contributed by atoms with E-state index in [0.29, 0.717) is 22.7 Å². The average Bonchev–Trinajstić information content (AvgIpc) is 3.05. The molecule has 9 heteroatoms. The lowest BCUT2D eigenvalue weighted by molar-refractivity contribution is -0.116. The van der Waals surface area contributed by atoms with E-state index in [1.807, 2.05) is 0 Å². The molecule has 3 rings (SSSR count). The Bertz CT molecular complexity index is 978. The molecule has 0 saturated heterocycles. The first kappa shape index (κ1) is 19.1. The lowest BCUT2D eigenvalue weighted by Gasteiger charge is -2.22.